The molecule has 65 valence electrons. The normalized spacial score (nSPS) is 18.0. The van der Waals surface area contributed by atoms with Crippen LogP contribution in [0.25, 0.3) is 0 Å². The van der Waals surface area contributed by atoms with Gasteiger partial charge in [0, 0.05) is 20.2 Å². The Kier molecular flexibility index (Phi) is 2.68. The minimum absolute atomic E-state index is 0.388. The number of allylic oxidation sites excluding steroid dienone is 2. The predicted octanol–water partition coefficient (Wildman–Crippen LogP) is 0.638. The van der Waals surface area contributed by atoms with Crippen LogP contribution >= 0.6 is 0 Å². The smallest absolute Gasteiger partial charge is 0.170 e. The molecule has 0 heterocycles. The topological polar surface area (TPSA) is 0 Å². The minimum Gasteiger partial charge on any atom is -0.507 e. The first-order valence-corrected chi connectivity index (χ1v) is 3.89. The molecule has 0 amide bonds. The Hall–Kier alpha value is -0.625. The summed E-state index contributed by atoms with van der Waals surface area (Å²) in [7, 11) is 5.03. The molecule has 1 radical (unpaired) electrons. The summed E-state index contributed by atoms with van der Waals surface area (Å²) < 4.78 is 1.24. The summed E-state index contributed by atoms with van der Waals surface area (Å²) in [5, 5.41) is 0. The van der Waals surface area contributed by atoms with Crippen molar-refractivity contribution in [2.24, 2.45) is 0 Å². The van der Waals surface area contributed by atoms with Crippen molar-refractivity contribution in [1.82, 2.24) is 0 Å². The van der Waals surface area contributed by atoms with E-state index >= 15 is 0 Å². The fraction of sp³-hybridized carbons (Fsp3) is 0.400. The minimum atomic E-state index is 0.388. The third kappa shape index (κ3) is 3.18. The highest BCUT2D eigenvalue weighted by Crippen LogP contribution is 2.16. The van der Waals surface area contributed by atoms with Crippen LogP contribution in [0.4, 0.5) is 0 Å². The van der Waals surface area contributed by atoms with Gasteiger partial charge in [0.1, 0.15) is 18.2 Å². The Morgan fingerprint density at radius 2 is 2.17 bits per heavy atom. The zero-order valence-corrected chi connectivity index (χ0v) is 7.46. The molecule has 0 aromatic rings. The first kappa shape index (κ1) is 9.46. The lowest BCUT2D eigenvalue weighted by atomic mass is 9.99. The number of likely N-dealkylation sites (N-methyl/N-ethyl adjacent to an activating group) is 1. The van der Waals surface area contributed by atoms with E-state index in [2.05, 4.69) is 46.0 Å². The van der Waals surface area contributed by atoms with E-state index in [1.807, 2.05) is 0 Å². The molecule has 0 aromatic carbocycles. The second kappa shape index (κ2) is 3.40. The van der Waals surface area contributed by atoms with Gasteiger partial charge < -0.3 is 4.39 Å². The highest BCUT2D eigenvalue weighted by Gasteiger charge is 2.14. The fourth-order valence-corrected chi connectivity index (χ4v) is 1.18. The molecule has 1 nitrogen and oxygen atoms in total. The maximum atomic E-state index is 2.32. The molecular formula is C10H18BN+. The number of hydrogen-bond acceptors (Lipinski definition) is 0. The number of rotatable bonds is 2. The molecule has 0 atom stereocenters. The Morgan fingerprint density at radius 1 is 1.50 bits per heavy atom. The lowest BCUT2D eigenvalue weighted by molar-refractivity contribution is -0.767. The van der Waals surface area contributed by atoms with Crippen LogP contribution in [-0.2, 0) is 0 Å². The van der Waals surface area contributed by atoms with Crippen LogP contribution < -0.4 is 0 Å². The van der Waals surface area contributed by atoms with Crippen LogP contribution in [0.2, 0.25) is 0 Å². The van der Waals surface area contributed by atoms with Crippen molar-refractivity contribution in [2.45, 2.75) is 6.92 Å². The van der Waals surface area contributed by atoms with Gasteiger partial charge in [0.2, 0.25) is 0 Å². The zero-order valence-electron chi connectivity index (χ0n) is 7.46. The van der Waals surface area contributed by atoms with Crippen molar-refractivity contribution in [3.63, 3.8) is 0 Å². The monoisotopic (exact) mass is 163 g/mol. The average molecular weight is 163 g/mol. The highest BCUT2D eigenvalue weighted by molar-refractivity contribution is 5.97. The predicted molar refractivity (Wildman–Crippen MR) is 57.4 cm³/mol. The molecule has 1 rings (SSSR count). The van der Waals surface area contributed by atoms with Crippen molar-refractivity contribution in [1.29, 1.82) is 0 Å². The fourth-order valence-electron chi connectivity index (χ4n) is 1.18. The van der Waals surface area contributed by atoms with E-state index in [9.17, 15) is 0 Å². The van der Waals surface area contributed by atoms with Gasteiger partial charge in [-0.05, 0) is 12.5 Å². The van der Waals surface area contributed by atoms with Crippen LogP contribution in [0.1, 0.15) is 6.92 Å². The number of nitrogens with zero attached hydrogens (tertiary/aromatic N) is 1. The summed E-state index contributed by atoms with van der Waals surface area (Å²) in [4.78, 5) is 0. The molecule has 0 N–H and O–H groups in total. The summed E-state index contributed by atoms with van der Waals surface area (Å²) in [5.74, 6) is 0. The molecule has 2 heteroatoms. The molecule has 0 aromatic heterocycles. The van der Waals surface area contributed by atoms with Gasteiger partial charge in [0.15, 0.2) is 7.98 Å². The third-order valence-corrected chi connectivity index (χ3v) is 1.58. The molecule has 1 aliphatic rings. The van der Waals surface area contributed by atoms with E-state index in [-0.39, 0.29) is 0 Å². The molecule has 0 spiro atoms. The maximum absolute atomic E-state index is 2.32. The molecule has 0 saturated heterocycles. The quantitative estimate of drug-likeness (QED) is 0.414. The van der Waals surface area contributed by atoms with Crippen LogP contribution in [0.15, 0.2) is 23.3 Å². The van der Waals surface area contributed by atoms with E-state index < -0.39 is 0 Å². The highest BCUT2D eigenvalue weighted by atomic mass is 15.2. The van der Waals surface area contributed by atoms with E-state index in [0.29, 0.717) is 7.98 Å². The largest absolute Gasteiger partial charge is 0.507 e. The van der Waals surface area contributed by atoms with Crippen molar-refractivity contribution in [3.8, 4) is 0 Å². The van der Waals surface area contributed by atoms with Gasteiger partial charge >= 0.3 is 0 Å². The standard InChI is InChI=1S/C10H18BN/c1-9-5-4-6-10(7-9)8-12(2,3)11/h4-7H,8H2,1-3,11H3/q+1. The Labute approximate surface area is 76.8 Å². The lowest BCUT2D eigenvalue weighted by Gasteiger charge is -2.31. The van der Waals surface area contributed by atoms with Crippen LogP contribution in [-0.4, -0.2) is 33.0 Å². The van der Waals surface area contributed by atoms with Crippen LogP contribution in [0, 0.1) is 12.8 Å². The summed E-state index contributed by atoms with van der Waals surface area (Å²) in [6.45, 7) is 3.37. The zero-order chi connectivity index (χ0) is 9.19. The van der Waals surface area contributed by atoms with E-state index in [1.165, 1.54) is 22.1 Å². The molecule has 12 heavy (non-hydrogen) atoms. The molecule has 0 bridgehead atoms. The van der Waals surface area contributed by atoms with Gasteiger partial charge in [-0.1, -0.05) is 0 Å². The third-order valence-electron chi connectivity index (χ3n) is 1.58. The summed E-state index contributed by atoms with van der Waals surface area (Å²) >= 11 is 0. The second-order valence-electron chi connectivity index (χ2n) is 3.23. The molecule has 0 fully saturated rings. The maximum Gasteiger partial charge on any atom is 0.170 e. The Morgan fingerprint density at radius 3 is 2.67 bits per heavy atom. The van der Waals surface area contributed by atoms with Gasteiger partial charge in [0.05, 0.1) is 12.8 Å². The molecule has 0 aliphatic heterocycles. The lowest BCUT2D eigenvalue weighted by Crippen LogP contribution is -2.38. The van der Waals surface area contributed by atoms with Crippen molar-refractivity contribution >= 4 is 7.98 Å². The van der Waals surface area contributed by atoms with Gasteiger partial charge in [-0.15, -0.1) is 0 Å². The van der Waals surface area contributed by atoms with Crippen LogP contribution in [0.5, 0.6) is 0 Å². The first-order valence-electron chi connectivity index (χ1n) is 3.89. The van der Waals surface area contributed by atoms with E-state index in [4.69, 9.17) is 0 Å². The number of quaternary nitrogens is 1. The number of hydrogen-bond donors (Lipinski definition) is 0. The van der Waals surface area contributed by atoms with E-state index in [0.717, 1.165) is 0 Å². The summed E-state index contributed by atoms with van der Waals surface area (Å²) in [5.41, 5.74) is 2.86. The Bertz CT molecular complexity index is 220. The SMILES string of the molecule is [BH3-][N+](C)(C)CC1=C[CH+][CH]C(C)=C1. The van der Waals surface area contributed by atoms with Crippen LogP contribution in [0.3, 0.4) is 0 Å². The second-order valence-corrected chi connectivity index (χ2v) is 3.23. The summed E-state index contributed by atoms with van der Waals surface area (Å²) in [6.07, 6.45) is 8.84. The van der Waals surface area contributed by atoms with E-state index in [1.54, 1.807) is 0 Å². The molecular weight excluding hydrogens is 145 g/mol. The van der Waals surface area contributed by atoms with Gasteiger partial charge in [-0.25, -0.2) is 0 Å². The van der Waals surface area contributed by atoms with Crippen molar-refractivity contribution < 1.29 is 4.39 Å². The van der Waals surface area contributed by atoms with Gasteiger partial charge in [-0.2, -0.15) is 0 Å². The molecule has 1 aliphatic carbocycles. The van der Waals surface area contributed by atoms with Gasteiger partial charge in [0.25, 0.3) is 0 Å². The average Bonchev–Trinajstić information content (AvgIpc) is 1.82. The Balaban J connectivity index is 2.59. The van der Waals surface area contributed by atoms with Crippen molar-refractivity contribution in [2.75, 3.05) is 20.6 Å². The first-order chi connectivity index (χ1) is 5.47. The van der Waals surface area contributed by atoms with Crippen molar-refractivity contribution in [3.05, 3.63) is 36.1 Å². The summed E-state index contributed by atoms with van der Waals surface area (Å²) in [6, 6.07) is 0. The molecule has 0 saturated carbocycles. The van der Waals surface area contributed by atoms with Gasteiger partial charge in [-0.3, -0.25) is 0 Å². The molecule has 0 unspecified atom stereocenters.